The van der Waals surface area contributed by atoms with Crippen molar-refractivity contribution in [1.82, 2.24) is 9.71 Å². The molecule has 0 aliphatic heterocycles. The molecule has 21 heavy (non-hydrogen) atoms. The summed E-state index contributed by atoms with van der Waals surface area (Å²) >= 11 is 1.62. The molecule has 4 nitrogen and oxygen atoms in total. The van der Waals surface area contributed by atoms with Gasteiger partial charge in [-0.1, -0.05) is 19.1 Å². The number of benzene rings is 1. The minimum absolute atomic E-state index is 0.311. The van der Waals surface area contributed by atoms with Gasteiger partial charge in [0.05, 0.1) is 15.6 Å². The van der Waals surface area contributed by atoms with E-state index in [1.807, 2.05) is 32.9 Å². The highest BCUT2D eigenvalue weighted by Gasteiger charge is 2.13. The lowest BCUT2D eigenvalue weighted by Gasteiger charge is -2.06. The molecule has 0 saturated carbocycles. The van der Waals surface area contributed by atoms with Gasteiger partial charge in [-0.15, -0.1) is 11.3 Å². The molecule has 6 heteroatoms. The van der Waals surface area contributed by atoms with Gasteiger partial charge in [0.25, 0.3) is 0 Å². The van der Waals surface area contributed by atoms with Gasteiger partial charge in [0.2, 0.25) is 10.0 Å². The molecule has 1 heterocycles. The zero-order chi connectivity index (χ0) is 15.5. The van der Waals surface area contributed by atoms with Crippen LogP contribution in [0.25, 0.3) is 0 Å². The van der Waals surface area contributed by atoms with Crippen LogP contribution in [0.5, 0.6) is 0 Å². The minimum Gasteiger partial charge on any atom is -0.246 e. The van der Waals surface area contributed by atoms with Crippen LogP contribution in [-0.4, -0.2) is 19.9 Å². The second kappa shape index (κ2) is 6.68. The molecule has 0 radical (unpaired) electrons. The lowest BCUT2D eigenvalue weighted by atomic mass is 10.2. The lowest BCUT2D eigenvalue weighted by Crippen LogP contribution is -2.26. The quantitative estimate of drug-likeness (QED) is 0.889. The number of nitrogens with one attached hydrogen (secondary N) is 1. The first-order chi connectivity index (χ1) is 9.92. The van der Waals surface area contributed by atoms with Crippen LogP contribution in [0.1, 0.15) is 28.1 Å². The molecule has 0 amide bonds. The molecule has 2 aromatic rings. The van der Waals surface area contributed by atoms with Gasteiger partial charge in [-0.05, 0) is 38.0 Å². The van der Waals surface area contributed by atoms with Crippen LogP contribution < -0.4 is 4.72 Å². The van der Waals surface area contributed by atoms with Gasteiger partial charge in [-0.25, -0.2) is 18.1 Å². The first-order valence-corrected chi connectivity index (χ1v) is 9.24. The highest BCUT2D eigenvalue weighted by Crippen LogP contribution is 2.17. The Hall–Kier alpha value is -1.24. The Balaban J connectivity index is 1.97. The predicted octanol–water partition coefficient (Wildman–Crippen LogP) is 2.84. The second-order valence-corrected chi connectivity index (χ2v) is 7.95. The van der Waals surface area contributed by atoms with Crippen molar-refractivity contribution in [2.45, 2.75) is 38.5 Å². The molecule has 2 rings (SSSR count). The predicted molar refractivity (Wildman–Crippen MR) is 86.3 cm³/mol. The topological polar surface area (TPSA) is 59.1 Å². The Bertz CT molecular complexity index is 684. The maximum atomic E-state index is 12.2. The number of aryl methyl sites for hydroxylation is 3. The largest absolute Gasteiger partial charge is 0.246 e. The summed E-state index contributed by atoms with van der Waals surface area (Å²) in [7, 11) is -3.43. The number of aromatic nitrogens is 1. The van der Waals surface area contributed by atoms with Crippen molar-refractivity contribution in [1.29, 1.82) is 0 Å². The standard InChI is InChI=1S/C15H20N2O2S2/c1-4-13-5-7-14(8-6-13)21(18,19)16-10-9-15-17-11(2)12(3)20-15/h5-8,16H,4,9-10H2,1-3H3. The maximum Gasteiger partial charge on any atom is 0.240 e. The van der Waals surface area contributed by atoms with Gasteiger partial charge in [0.1, 0.15) is 0 Å². The molecule has 0 aliphatic rings. The van der Waals surface area contributed by atoms with Crippen molar-refractivity contribution >= 4 is 21.4 Å². The Labute approximate surface area is 130 Å². The van der Waals surface area contributed by atoms with Crippen LogP contribution in [0.2, 0.25) is 0 Å². The lowest BCUT2D eigenvalue weighted by molar-refractivity contribution is 0.581. The molecule has 0 unspecified atom stereocenters. The van der Waals surface area contributed by atoms with Crippen LogP contribution in [-0.2, 0) is 22.9 Å². The van der Waals surface area contributed by atoms with Crippen molar-refractivity contribution in [3.63, 3.8) is 0 Å². The van der Waals surface area contributed by atoms with E-state index in [1.165, 1.54) is 4.88 Å². The maximum absolute atomic E-state index is 12.2. The number of hydrogen-bond donors (Lipinski definition) is 1. The van der Waals surface area contributed by atoms with E-state index in [-0.39, 0.29) is 0 Å². The number of sulfonamides is 1. The first kappa shape index (κ1) is 16.1. The van der Waals surface area contributed by atoms with Gasteiger partial charge in [-0.2, -0.15) is 0 Å². The van der Waals surface area contributed by atoms with E-state index in [1.54, 1.807) is 23.5 Å². The zero-order valence-corrected chi connectivity index (χ0v) is 14.1. The monoisotopic (exact) mass is 324 g/mol. The van der Waals surface area contributed by atoms with Gasteiger partial charge in [0, 0.05) is 17.8 Å². The summed E-state index contributed by atoms with van der Waals surface area (Å²) in [5.74, 6) is 0. The van der Waals surface area contributed by atoms with Crippen molar-refractivity contribution in [3.05, 3.63) is 45.4 Å². The van der Waals surface area contributed by atoms with E-state index in [0.717, 1.165) is 22.7 Å². The summed E-state index contributed by atoms with van der Waals surface area (Å²) in [4.78, 5) is 5.90. The summed E-state index contributed by atoms with van der Waals surface area (Å²) in [5, 5.41) is 0.967. The number of thiazole rings is 1. The van der Waals surface area contributed by atoms with Gasteiger partial charge >= 0.3 is 0 Å². The zero-order valence-electron chi connectivity index (χ0n) is 12.5. The van der Waals surface area contributed by atoms with E-state index < -0.39 is 10.0 Å². The normalized spacial score (nSPS) is 11.8. The number of hydrogen-bond acceptors (Lipinski definition) is 4. The first-order valence-electron chi connectivity index (χ1n) is 6.94. The van der Waals surface area contributed by atoms with Gasteiger partial charge < -0.3 is 0 Å². The summed E-state index contributed by atoms with van der Waals surface area (Å²) in [6.07, 6.45) is 1.52. The molecule has 0 saturated heterocycles. The molecule has 114 valence electrons. The SMILES string of the molecule is CCc1ccc(S(=O)(=O)NCCc2nc(C)c(C)s2)cc1. The van der Waals surface area contributed by atoms with E-state index in [2.05, 4.69) is 9.71 Å². The molecule has 1 aromatic heterocycles. The summed E-state index contributed by atoms with van der Waals surface area (Å²) < 4.78 is 27.0. The molecule has 0 fully saturated rings. The van der Waals surface area contributed by atoms with Gasteiger partial charge in [0.15, 0.2) is 0 Å². The number of nitrogens with zero attached hydrogens (tertiary/aromatic N) is 1. The van der Waals surface area contributed by atoms with E-state index in [9.17, 15) is 8.42 Å². The van der Waals surface area contributed by atoms with Crippen molar-refractivity contribution in [2.75, 3.05) is 6.54 Å². The molecule has 0 bridgehead atoms. The molecular formula is C15H20N2O2S2. The van der Waals surface area contributed by atoms with E-state index in [0.29, 0.717) is 17.9 Å². The second-order valence-electron chi connectivity index (χ2n) is 4.89. The van der Waals surface area contributed by atoms with Crippen molar-refractivity contribution in [2.24, 2.45) is 0 Å². The fourth-order valence-corrected chi connectivity index (χ4v) is 3.89. The van der Waals surface area contributed by atoms with Crippen molar-refractivity contribution < 1.29 is 8.42 Å². The number of rotatable bonds is 6. The van der Waals surface area contributed by atoms with E-state index >= 15 is 0 Å². The Morgan fingerprint density at radius 1 is 1.19 bits per heavy atom. The molecule has 0 atom stereocenters. The highest BCUT2D eigenvalue weighted by molar-refractivity contribution is 7.89. The van der Waals surface area contributed by atoms with Crippen LogP contribution in [0.15, 0.2) is 29.2 Å². The van der Waals surface area contributed by atoms with E-state index in [4.69, 9.17) is 0 Å². The minimum atomic E-state index is -3.43. The molecular weight excluding hydrogens is 304 g/mol. The van der Waals surface area contributed by atoms with Gasteiger partial charge in [-0.3, -0.25) is 0 Å². The fourth-order valence-electron chi connectivity index (χ4n) is 1.93. The third-order valence-electron chi connectivity index (χ3n) is 3.35. The third kappa shape index (κ3) is 4.12. The summed E-state index contributed by atoms with van der Waals surface area (Å²) in [6.45, 7) is 6.40. The molecule has 1 N–H and O–H groups in total. The fraction of sp³-hybridized carbons (Fsp3) is 0.400. The van der Waals surface area contributed by atoms with Crippen LogP contribution in [0.3, 0.4) is 0 Å². The smallest absolute Gasteiger partial charge is 0.240 e. The Morgan fingerprint density at radius 3 is 2.38 bits per heavy atom. The third-order valence-corrected chi connectivity index (χ3v) is 5.96. The van der Waals surface area contributed by atoms with Crippen molar-refractivity contribution in [3.8, 4) is 0 Å². The Morgan fingerprint density at radius 2 is 1.86 bits per heavy atom. The average molecular weight is 324 g/mol. The molecule has 1 aromatic carbocycles. The average Bonchev–Trinajstić information content (AvgIpc) is 2.77. The Kier molecular flexibility index (Phi) is 5.13. The highest BCUT2D eigenvalue weighted by atomic mass is 32.2. The summed E-state index contributed by atoms with van der Waals surface area (Å²) in [6, 6.07) is 7.00. The summed E-state index contributed by atoms with van der Waals surface area (Å²) in [5.41, 5.74) is 2.15. The van der Waals surface area contributed by atoms with Crippen LogP contribution in [0, 0.1) is 13.8 Å². The van der Waals surface area contributed by atoms with Crippen LogP contribution >= 0.6 is 11.3 Å². The van der Waals surface area contributed by atoms with Crippen LogP contribution in [0.4, 0.5) is 0 Å². The molecule has 0 spiro atoms. The molecule has 0 aliphatic carbocycles.